The van der Waals surface area contributed by atoms with Crippen LogP contribution in [0.4, 0.5) is 0 Å². The van der Waals surface area contributed by atoms with Crippen LogP contribution in [0.3, 0.4) is 0 Å². The lowest BCUT2D eigenvalue weighted by molar-refractivity contribution is -0.0740. The van der Waals surface area contributed by atoms with Crippen molar-refractivity contribution in [3.8, 4) is 0 Å². The predicted molar refractivity (Wildman–Crippen MR) is 85.6 cm³/mol. The van der Waals surface area contributed by atoms with Crippen molar-refractivity contribution in [2.45, 2.75) is 76.4 Å². The highest BCUT2D eigenvalue weighted by Gasteiger charge is 2.42. The molecule has 2 saturated heterocycles. The first-order valence-electron chi connectivity index (χ1n) is 8.76. The molecule has 1 aliphatic carbocycles. The molecule has 0 aromatic carbocycles. The van der Waals surface area contributed by atoms with Gasteiger partial charge in [-0.3, -0.25) is 5.41 Å². The Labute approximate surface area is 128 Å². The molecule has 2 aliphatic heterocycles. The number of amidine groups is 1. The topological polar surface area (TPSA) is 62.3 Å². The average Bonchev–Trinajstić information content (AvgIpc) is 2.85. The molecule has 120 valence electrons. The molecule has 1 unspecified atom stereocenters. The zero-order valence-electron chi connectivity index (χ0n) is 13.5. The molecule has 1 atom stereocenters. The van der Waals surface area contributed by atoms with Crippen molar-refractivity contribution < 1.29 is 4.74 Å². The molecule has 0 bridgehead atoms. The van der Waals surface area contributed by atoms with Gasteiger partial charge in [0, 0.05) is 12.0 Å². The fourth-order valence-electron chi connectivity index (χ4n) is 4.37. The smallest absolute Gasteiger partial charge is 0.0966 e. The Morgan fingerprint density at radius 2 is 1.81 bits per heavy atom. The minimum atomic E-state index is -0.0718. The van der Waals surface area contributed by atoms with Gasteiger partial charge in [0.1, 0.15) is 0 Å². The second kappa shape index (κ2) is 5.88. The summed E-state index contributed by atoms with van der Waals surface area (Å²) >= 11 is 0. The van der Waals surface area contributed by atoms with Crippen LogP contribution in [0.5, 0.6) is 0 Å². The highest BCUT2D eigenvalue weighted by molar-refractivity contribution is 5.83. The van der Waals surface area contributed by atoms with Crippen molar-refractivity contribution in [1.82, 2.24) is 4.90 Å². The fourth-order valence-corrected chi connectivity index (χ4v) is 4.37. The molecule has 3 aliphatic rings. The Hall–Kier alpha value is -0.610. The third-order valence-corrected chi connectivity index (χ3v) is 6.18. The van der Waals surface area contributed by atoms with Crippen molar-refractivity contribution in [1.29, 1.82) is 5.41 Å². The van der Waals surface area contributed by atoms with Gasteiger partial charge >= 0.3 is 0 Å². The van der Waals surface area contributed by atoms with Crippen molar-refractivity contribution in [2.24, 2.45) is 11.1 Å². The van der Waals surface area contributed by atoms with Gasteiger partial charge in [0.25, 0.3) is 0 Å². The zero-order chi connectivity index (χ0) is 14.9. The van der Waals surface area contributed by atoms with Crippen LogP contribution in [0.15, 0.2) is 0 Å². The van der Waals surface area contributed by atoms with E-state index in [1.165, 1.54) is 44.9 Å². The molecular weight excluding hydrogens is 262 g/mol. The number of piperidine rings is 1. The fraction of sp³-hybridized carbons (Fsp3) is 0.941. The van der Waals surface area contributed by atoms with Gasteiger partial charge in [0.05, 0.1) is 17.5 Å². The molecular formula is C17H31N3O. The summed E-state index contributed by atoms with van der Waals surface area (Å²) in [5.74, 6) is 0.362. The van der Waals surface area contributed by atoms with Gasteiger partial charge in [-0.2, -0.15) is 0 Å². The Bertz CT molecular complexity index is 381. The van der Waals surface area contributed by atoms with Crippen LogP contribution in [0.25, 0.3) is 0 Å². The average molecular weight is 293 g/mol. The molecule has 4 nitrogen and oxygen atoms in total. The summed E-state index contributed by atoms with van der Waals surface area (Å²) in [4.78, 5) is 2.53. The van der Waals surface area contributed by atoms with Gasteiger partial charge < -0.3 is 15.4 Å². The van der Waals surface area contributed by atoms with Crippen molar-refractivity contribution in [2.75, 3.05) is 19.6 Å². The predicted octanol–water partition coefficient (Wildman–Crippen LogP) is 2.91. The van der Waals surface area contributed by atoms with Gasteiger partial charge in [0.15, 0.2) is 0 Å². The molecule has 1 spiro atoms. The molecule has 0 aromatic rings. The van der Waals surface area contributed by atoms with Crippen LogP contribution >= 0.6 is 0 Å². The quantitative estimate of drug-likeness (QED) is 0.621. The van der Waals surface area contributed by atoms with E-state index in [4.69, 9.17) is 15.9 Å². The molecule has 1 saturated carbocycles. The highest BCUT2D eigenvalue weighted by Crippen LogP contribution is 2.42. The summed E-state index contributed by atoms with van der Waals surface area (Å²) in [6, 6.07) is 0. The molecule has 3 fully saturated rings. The maximum absolute atomic E-state index is 7.74. The zero-order valence-corrected chi connectivity index (χ0v) is 13.5. The van der Waals surface area contributed by atoms with E-state index < -0.39 is 0 Å². The van der Waals surface area contributed by atoms with Gasteiger partial charge in [-0.05, 0) is 51.6 Å². The van der Waals surface area contributed by atoms with Crippen LogP contribution in [-0.4, -0.2) is 42.1 Å². The molecule has 3 rings (SSSR count). The van der Waals surface area contributed by atoms with E-state index in [-0.39, 0.29) is 11.0 Å². The number of likely N-dealkylation sites (tertiary alicyclic amines) is 1. The molecule has 4 heteroatoms. The summed E-state index contributed by atoms with van der Waals surface area (Å²) in [5.41, 5.74) is 5.91. The van der Waals surface area contributed by atoms with Crippen LogP contribution in [0, 0.1) is 10.8 Å². The minimum absolute atomic E-state index is 0.0718. The van der Waals surface area contributed by atoms with Crippen LogP contribution < -0.4 is 5.73 Å². The maximum Gasteiger partial charge on any atom is 0.0966 e. The monoisotopic (exact) mass is 293 g/mol. The lowest BCUT2D eigenvalue weighted by Gasteiger charge is -2.40. The summed E-state index contributed by atoms with van der Waals surface area (Å²) in [6.07, 6.45) is 11.6. The first-order valence-corrected chi connectivity index (χ1v) is 8.76. The van der Waals surface area contributed by atoms with Crippen LogP contribution in [0.1, 0.15) is 64.7 Å². The summed E-state index contributed by atoms with van der Waals surface area (Å²) < 4.78 is 6.48. The SMILES string of the molecule is CC1(C(=N)N)CCN(CC2CCC3(CCCCC3)O2)CC1. The maximum atomic E-state index is 7.74. The van der Waals surface area contributed by atoms with E-state index in [0.29, 0.717) is 11.9 Å². The Kier molecular flexibility index (Phi) is 4.28. The first-order chi connectivity index (χ1) is 10.0. The lowest BCUT2D eigenvalue weighted by Crippen LogP contribution is -2.47. The number of nitrogens with zero attached hydrogens (tertiary/aromatic N) is 1. The number of rotatable bonds is 3. The molecule has 3 N–H and O–H groups in total. The summed E-state index contributed by atoms with van der Waals surface area (Å²) in [7, 11) is 0. The molecule has 0 aromatic heterocycles. The second-order valence-corrected chi connectivity index (χ2v) is 7.80. The van der Waals surface area contributed by atoms with E-state index >= 15 is 0 Å². The Balaban J connectivity index is 1.47. The van der Waals surface area contributed by atoms with Crippen molar-refractivity contribution in [3.63, 3.8) is 0 Å². The molecule has 21 heavy (non-hydrogen) atoms. The van der Waals surface area contributed by atoms with Crippen molar-refractivity contribution >= 4 is 5.84 Å². The highest BCUT2D eigenvalue weighted by atomic mass is 16.5. The summed E-state index contributed by atoms with van der Waals surface area (Å²) in [5, 5.41) is 7.74. The van der Waals surface area contributed by atoms with E-state index in [1.54, 1.807) is 0 Å². The number of nitrogens with two attached hydrogens (primary N) is 1. The van der Waals surface area contributed by atoms with Crippen LogP contribution in [-0.2, 0) is 4.74 Å². The first kappa shape index (κ1) is 15.3. The molecule has 2 heterocycles. The normalized spacial score (nSPS) is 32.3. The second-order valence-electron chi connectivity index (χ2n) is 7.80. The van der Waals surface area contributed by atoms with Gasteiger partial charge in [0.2, 0.25) is 0 Å². The van der Waals surface area contributed by atoms with E-state index in [9.17, 15) is 0 Å². The number of ether oxygens (including phenoxy) is 1. The Morgan fingerprint density at radius 3 is 2.43 bits per heavy atom. The lowest BCUT2D eigenvalue weighted by atomic mass is 9.79. The van der Waals surface area contributed by atoms with E-state index in [1.807, 2.05) is 0 Å². The van der Waals surface area contributed by atoms with Gasteiger partial charge in [-0.1, -0.05) is 26.2 Å². The molecule has 0 amide bonds. The third kappa shape index (κ3) is 3.26. The number of hydrogen-bond donors (Lipinski definition) is 2. The minimum Gasteiger partial charge on any atom is -0.387 e. The van der Waals surface area contributed by atoms with Gasteiger partial charge in [-0.25, -0.2) is 0 Å². The largest absolute Gasteiger partial charge is 0.387 e. The van der Waals surface area contributed by atoms with Gasteiger partial charge in [-0.15, -0.1) is 0 Å². The van der Waals surface area contributed by atoms with Crippen molar-refractivity contribution in [3.05, 3.63) is 0 Å². The van der Waals surface area contributed by atoms with E-state index in [0.717, 1.165) is 32.5 Å². The van der Waals surface area contributed by atoms with Crippen LogP contribution in [0.2, 0.25) is 0 Å². The standard InChI is InChI=1S/C17H31N3O/c1-16(15(18)19)9-11-20(12-10-16)13-14-5-8-17(21-14)6-3-2-4-7-17/h14H,2-13H2,1H3,(H3,18,19). The Morgan fingerprint density at radius 1 is 1.14 bits per heavy atom. The summed E-state index contributed by atoms with van der Waals surface area (Å²) in [6.45, 7) is 5.33. The number of hydrogen-bond acceptors (Lipinski definition) is 3. The molecule has 0 radical (unpaired) electrons. The third-order valence-electron chi connectivity index (χ3n) is 6.18. The van der Waals surface area contributed by atoms with E-state index in [2.05, 4.69) is 11.8 Å². The number of nitrogens with one attached hydrogen (secondary N) is 1.